The number of halogens is 2. The van der Waals surface area contributed by atoms with E-state index in [9.17, 15) is 8.42 Å². The molecule has 0 radical (unpaired) electrons. The third kappa shape index (κ3) is 3.86. The normalized spacial score (nSPS) is 17.2. The van der Waals surface area contributed by atoms with Crippen LogP contribution in [-0.4, -0.2) is 19.6 Å². The van der Waals surface area contributed by atoms with E-state index in [0.717, 1.165) is 6.42 Å². The van der Waals surface area contributed by atoms with E-state index in [1.807, 2.05) is 6.92 Å². The Balaban J connectivity index is 2.23. The van der Waals surface area contributed by atoms with Gasteiger partial charge in [-0.3, -0.25) is 0 Å². The van der Waals surface area contributed by atoms with Crippen molar-refractivity contribution in [2.75, 3.05) is 0 Å². The van der Waals surface area contributed by atoms with Crippen LogP contribution in [0.15, 0.2) is 17.0 Å². The van der Waals surface area contributed by atoms with E-state index in [2.05, 4.69) is 4.72 Å². The number of nitrogens with one attached hydrogen (secondary N) is 1. The first kappa shape index (κ1) is 16.0. The van der Waals surface area contributed by atoms with Gasteiger partial charge in [-0.05, 0) is 37.0 Å². The van der Waals surface area contributed by atoms with Gasteiger partial charge in [0.25, 0.3) is 0 Å². The predicted octanol–water partition coefficient (Wildman–Crippen LogP) is 2.95. The zero-order valence-electron chi connectivity index (χ0n) is 11.1. The Bertz CT molecular complexity index is 600. The Kier molecular flexibility index (Phi) is 4.97. The molecule has 20 heavy (non-hydrogen) atoms. The van der Waals surface area contributed by atoms with Crippen LogP contribution in [0.25, 0.3) is 0 Å². The van der Waals surface area contributed by atoms with Crippen molar-refractivity contribution in [3.05, 3.63) is 27.7 Å². The Morgan fingerprint density at radius 2 is 2.00 bits per heavy atom. The molecule has 0 spiro atoms. The van der Waals surface area contributed by atoms with Crippen LogP contribution in [0.1, 0.15) is 31.7 Å². The predicted molar refractivity (Wildman–Crippen MR) is 79.5 cm³/mol. The number of rotatable bonds is 6. The zero-order valence-corrected chi connectivity index (χ0v) is 13.4. The van der Waals surface area contributed by atoms with Crippen molar-refractivity contribution in [3.8, 4) is 0 Å². The summed E-state index contributed by atoms with van der Waals surface area (Å²) < 4.78 is 27.3. The molecule has 0 bridgehead atoms. The topological polar surface area (TPSA) is 66.4 Å². The second-order valence-corrected chi connectivity index (χ2v) is 7.73. The maximum atomic E-state index is 12.3. The van der Waals surface area contributed by atoms with E-state index < -0.39 is 10.0 Å². The van der Waals surface area contributed by atoms with Crippen LogP contribution in [0, 0.1) is 5.92 Å². The fourth-order valence-electron chi connectivity index (χ4n) is 2.13. The van der Waals surface area contributed by atoms with Crippen LogP contribution >= 0.6 is 23.2 Å². The average molecular weight is 338 g/mol. The van der Waals surface area contributed by atoms with Gasteiger partial charge in [0.15, 0.2) is 0 Å². The molecule has 1 aromatic carbocycles. The maximum Gasteiger partial charge on any atom is 0.242 e. The van der Waals surface area contributed by atoms with Gasteiger partial charge in [-0.2, -0.15) is 0 Å². The first-order valence-corrected chi connectivity index (χ1v) is 8.68. The summed E-state index contributed by atoms with van der Waals surface area (Å²) in [5.74, 6) is 0.626. The maximum absolute atomic E-state index is 12.3. The lowest BCUT2D eigenvalue weighted by molar-refractivity contribution is 0.281. The molecule has 1 aliphatic rings. The number of benzene rings is 1. The lowest BCUT2D eigenvalue weighted by Gasteiger charge is -2.15. The number of hydrogen-bond acceptors (Lipinski definition) is 3. The molecule has 1 fully saturated rings. The molecule has 1 atom stereocenters. The molecule has 112 valence electrons. The summed E-state index contributed by atoms with van der Waals surface area (Å²) in [6.07, 6.45) is 3.17. The Morgan fingerprint density at radius 1 is 1.35 bits per heavy atom. The molecule has 1 saturated carbocycles. The van der Waals surface area contributed by atoms with E-state index in [-0.39, 0.29) is 27.6 Å². The summed E-state index contributed by atoms with van der Waals surface area (Å²) in [6, 6.07) is 2.52. The van der Waals surface area contributed by atoms with Crippen molar-refractivity contribution in [2.45, 2.75) is 43.7 Å². The molecule has 1 aliphatic carbocycles. The quantitative estimate of drug-likeness (QED) is 0.838. The van der Waals surface area contributed by atoms with Crippen LogP contribution in [-0.2, 0) is 16.6 Å². The average Bonchev–Trinajstić information content (AvgIpc) is 3.11. The molecule has 2 N–H and O–H groups in total. The highest BCUT2D eigenvalue weighted by Crippen LogP contribution is 2.34. The molecule has 7 heteroatoms. The summed E-state index contributed by atoms with van der Waals surface area (Å²) in [4.78, 5) is -0.0461. The Morgan fingerprint density at radius 3 is 2.55 bits per heavy atom. The van der Waals surface area contributed by atoms with E-state index >= 15 is 0 Å². The summed E-state index contributed by atoms with van der Waals surface area (Å²) >= 11 is 11.8. The number of aliphatic hydroxyl groups is 1. The summed E-state index contributed by atoms with van der Waals surface area (Å²) in [5.41, 5.74) is 0.339. The Hall–Kier alpha value is -0.330. The summed E-state index contributed by atoms with van der Waals surface area (Å²) in [7, 11) is -3.71. The van der Waals surface area contributed by atoms with Crippen molar-refractivity contribution in [1.29, 1.82) is 0 Å². The number of aliphatic hydroxyl groups excluding tert-OH is 1. The molecule has 0 heterocycles. The van der Waals surface area contributed by atoms with Gasteiger partial charge in [-0.25, -0.2) is 13.1 Å². The van der Waals surface area contributed by atoms with Gasteiger partial charge < -0.3 is 5.11 Å². The molecule has 0 saturated heterocycles. The molecule has 2 rings (SSSR count). The first-order chi connectivity index (χ1) is 9.33. The largest absolute Gasteiger partial charge is 0.392 e. The van der Waals surface area contributed by atoms with Gasteiger partial charge in [0.1, 0.15) is 4.90 Å². The van der Waals surface area contributed by atoms with E-state index in [1.165, 1.54) is 25.0 Å². The number of hydrogen-bond donors (Lipinski definition) is 2. The van der Waals surface area contributed by atoms with Crippen LogP contribution in [0.4, 0.5) is 0 Å². The first-order valence-electron chi connectivity index (χ1n) is 6.44. The lowest BCUT2D eigenvalue weighted by Crippen LogP contribution is -2.33. The molecule has 1 aromatic rings. The lowest BCUT2D eigenvalue weighted by atomic mass is 10.2. The highest BCUT2D eigenvalue weighted by Gasteiger charge is 2.27. The molecule has 0 aromatic heterocycles. The van der Waals surface area contributed by atoms with Crippen molar-refractivity contribution < 1.29 is 13.5 Å². The molecule has 1 unspecified atom stereocenters. The minimum atomic E-state index is -3.71. The highest BCUT2D eigenvalue weighted by molar-refractivity contribution is 7.89. The van der Waals surface area contributed by atoms with E-state index in [0.29, 0.717) is 11.5 Å². The van der Waals surface area contributed by atoms with Crippen LogP contribution in [0.5, 0.6) is 0 Å². The zero-order chi connectivity index (χ0) is 14.9. The van der Waals surface area contributed by atoms with Gasteiger partial charge in [0.2, 0.25) is 10.0 Å². The van der Waals surface area contributed by atoms with Crippen molar-refractivity contribution >= 4 is 33.2 Å². The van der Waals surface area contributed by atoms with Gasteiger partial charge >= 0.3 is 0 Å². The molecule has 4 nitrogen and oxygen atoms in total. The van der Waals surface area contributed by atoms with Gasteiger partial charge in [-0.15, -0.1) is 0 Å². The highest BCUT2D eigenvalue weighted by atomic mass is 35.5. The van der Waals surface area contributed by atoms with Gasteiger partial charge in [0, 0.05) is 11.1 Å². The molecule has 0 aliphatic heterocycles. The monoisotopic (exact) mass is 337 g/mol. The van der Waals surface area contributed by atoms with Crippen LogP contribution in [0.2, 0.25) is 10.0 Å². The third-order valence-corrected chi connectivity index (χ3v) is 5.71. The fourth-order valence-corrected chi connectivity index (χ4v) is 4.24. The smallest absolute Gasteiger partial charge is 0.242 e. The van der Waals surface area contributed by atoms with Gasteiger partial charge in [0.05, 0.1) is 11.6 Å². The van der Waals surface area contributed by atoms with Crippen molar-refractivity contribution in [1.82, 2.24) is 4.72 Å². The molecular weight excluding hydrogens is 321 g/mol. The van der Waals surface area contributed by atoms with Crippen molar-refractivity contribution in [2.24, 2.45) is 5.92 Å². The minimum absolute atomic E-state index is 0.0461. The fraction of sp³-hybridized carbons (Fsp3) is 0.538. The third-order valence-electron chi connectivity index (χ3n) is 3.30. The van der Waals surface area contributed by atoms with E-state index in [1.54, 1.807) is 0 Å². The van der Waals surface area contributed by atoms with Crippen molar-refractivity contribution in [3.63, 3.8) is 0 Å². The standard InChI is InChI=1S/C13H17Cl2NO3S/c1-8(4-9-2-3-9)16-20(18,19)13-5-10(7-17)11(14)6-12(13)15/h5-6,8-9,16-17H,2-4,7H2,1H3. The minimum Gasteiger partial charge on any atom is -0.392 e. The summed E-state index contributed by atoms with van der Waals surface area (Å²) in [5, 5.41) is 9.47. The van der Waals surface area contributed by atoms with Crippen LogP contribution in [0.3, 0.4) is 0 Å². The van der Waals surface area contributed by atoms with Crippen LogP contribution < -0.4 is 4.72 Å². The SMILES string of the molecule is CC(CC1CC1)NS(=O)(=O)c1cc(CO)c(Cl)cc1Cl. The molecular formula is C13H17Cl2NO3S. The number of sulfonamides is 1. The summed E-state index contributed by atoms with van der Waals surface area (Å²) in [6.45, 7) is 1.50. The second-order valence-electron chi connectivity index (χ2n) is 5.23. The molecule has 0 amide bonds. The Labute approximate surface area is 129 Å². The van der Waals surface area contributed by atoms with E-state index in [4.69, 9.17) is 28.3 Å². The second kappa shape index (κ2) is 6.20. The van der Waals surface area contributed by atoms with Gasteiger partial charge in [-0.1, -0.05) is 36.0 Å².